The fourth-order valence-corrected chi connectivity index (χ4v) is 1.43. The van der Waals surface area contributed by atoms with Gasteiger partial charge in [0, 0.05) is 17.0 Å². The zero-order valence-electron chi connectivity index (χ0n) is 9.16. The molecule has 16 heavy (non-hydrogen) atoms. The molecule has 0 aliphatic rings. The molecule has 0 bridgehead atoms. The van der Waals surface area contributed by atoms with E-state index in [4.69, 9.17) is 16.7 Å². The topological polar surface area (TPSA) is 54.4 Å². The van der Waals surface area contributed by atoms with Crippen LogP contribution in [0.4, 0.5) is 0 Å². The fraction of sp³-hybridized carbons (Fsp3) is 0.333. The van der Waals surface area contributed by atoms with Gasteiger partial charge in [0.15, 0.2) is 5.78 Å². The summed E-state index contributed by atoms with van der Waals surface area (Å²) in [7, 11) is 0. The van der Waals surface area contributed by atoms with E-state index in [1.165, 1.54) is 13.8 Å². The van der Waals surface area contributed by atoms with Crippen molar-refractivity contribution in [2.24, 2.45) is 5.41 Å². The lowest BCUT2D eigenvalue weighted by Crippen LogP contribution is -2.26. The van der Waals surface area contributed by atoms with Gasteiger partial charge in [0.25, 0.3) is 0 Å². The molecule has 0 fully saturated rings. The van der Waals surface area contributed by atoms with E-state index in [2.05, 4.69) is 0 Å². The third-order valence-corrected chi connectivity index (χ3v) is 2.56. The van der Waals surface area contributed by atoms with Crippen LogP contribution in [-0.4, -0.2) is 16.9 Å². The molecule has 0 saturated heterocycles. The lowest BCUT2D eigenvalue weighted by atomic mass is 9.86. The molecular formula is C12H13ClO3. The largest absolute Gasteiger partial charge is 0.481 e. The Morgan fingerprint density at radius 3 is 2.50 bits per heavy atom. The predicted octanol–water partition coefficient (Wildman–Crippen LogP) is 3.02. The van der Waals surface area contributed by atoms with E-state index < -0.39 is 11.4 Å². The summed E-state index contributed by atoms with van der Waals surface area (Å²) >= 11 is 5.75. The first-order valence-electron chi connectivity index (χ1n) is 4.85. The average Bonchev–Trinajstić information content (AvgIpc) is 2.16. The number of ketones is 1. The Morgan fingerprint density at radius 2 is 2.00 bits per heavy atom. The van der Waals surface area contributed by atoms with Crippen molar-refractivity contribution in [1.82, 2.24) is 0 Å². The van der Waals surface area contributed by atoms with Crippen molar-refractivity contribution in [1.29, 1.82) is 0 Å². The van der Waals surface area contributed by atoms with Gasteiger partial charge in [0.1, 0.15) is 0 Å². The maximum atomic E-state index is 11.8. The lowest BCUT2D eigenvalue weighted by molar-refractivity contribution is -0.146. The molecule has 0 unspecified atom stereocenters. The molecule has 0 aliphatic heterocycles. The number of carbonyl (C=O) groups excluding carboxylic acids is 1. The third kappa shape index (κ3) is 3.07. The molecule has 0 saturated carbocycles. The molecule has 1 aromatic rings. The highest BCUT2D eigenvalue weighted by Gasteiger charge is 2.30. The number of hydrogen-bond acceptors (Lipinski definition) is 2. The van der Waals surface area contributed by atoms with Gasteiger partial charge in [-0.2, -0.15) is 0 Å². The first-order chi connectivity index (χ1) is 7.33. The highest BCUT2D eigenvalue weighted by molar-refractivity contribution is 6.31. The summed E-state index contributed by atoms with van der Waals surface area (Å²) in [5.41, 5.74) is -0.610. The molecule has 0 radical (unpaired) electrons. The number of halogens is 1. The molecule has 1 rings (SSSR count). The first kappa shape index (κ1) is 12.7. The standard InChI is InChI=1S/C12H13ClO3/c1-12(2,11(15)16)7-10(14)8-4-3-5-9(13)6-8/h3-6H,7H2,1-2H3,(H,15,16). The Balaban J connectivity index is 2.85. The number of hydrogen-bond donors (Lipinski definition) is 1. The van der Waals surface area contributed by atoms with Crippen LogP contribution >= 0.6 is 11.6 Å². The molecule has 0 heterocycles. The van der Waals surface area contributed by atoms with Crippen LogP contribution < -0.4 is 0 Å². The Kier molecular flexibility index (Phi) is 3.70. The Morgan fingerprint density at radius 1 is 1.38 bits per heavy atom. The van der Waals surface area contributed by atoms with Gasteiger partial charge in [-0.3, -0.25) is 9.59 Å². The molecule has 86 valence electrons. The van der Waals surface area contributed by atoms with Crippen LogP contribution in [-0.2, 0) is 4.79 Å². The number of aliphatic carboxylic acids is 1. The minimum absolute atomic E-state index is 0.0390. The fourth-order valence-electron chi connectivity index (χ4n) is 1.24. The zero-order chi connectivity index (χ0) is 12.3. The molecule has 4 heteroatoms. The summed E-state index contributed by atoms with van der Waals surface area (Å²) in [6.07, 6.45) is -0.0390. The van der Waals surface area contributed by atoms with Crippen molar-refractivity contribution < 1.29 is 14.7 Å². The van der Waals surface area contributed by atoms with Crippen molar-refractivity contribution in [2.75, 3.05) is 0 Å². The van der Waals surface area contributed by atoms with Crippen molar-refractivity contribution in [3.05, 3.63) is 34.9 Å². The van der Waals surface area contributed by atoms with Crippen molar-refractivity contribution >= 4 is 23.4 Å². The number of rotatable bonds is 4. The second-order valence-corrected chi connectivity index (χ2v) is 4.74. The lowest BCUT2D eigenvalue weighted by Gasteiger charge is -2.17. The second kappa shape index (κ2) is 4.66. The minimum Gasteiger partial charge on any atom is -0.481 e. The van der Waals surface area contributed by atoms with Gasteiger partial charge in [0.05, 0.1) is 5.41 Å². The summed E-state index contributed by atoms with van der Waals surface area (Å²) in [5, 5.41) is 9.38. The van der Waals surface area contributed by atoms with E-state index in [9.17, 15) is 9.59 Å². The normalized spacial score (nSPS) is 11.2. The van der Waals surface area contributed by atoms with Gasteiger partial charge in [-0.25, -0.2) is 0 Å². The highest BCUT2D eigenvalue weighted by Crippen LogP contribution is 2.24. The third-order valence-electron chi connectivity index (χ3n) is 2.33. The molecule has 0 amide bonds. The van der Waals surface area contributed by atoms with Crippen LogP contribution in [0.2, 0.25) is 5.02 Å². The maximum absolute atomic E-state index is 11.8. The SMILES string of the molecule is CC(C)(CC(=O)c1cccc(Cl)c1)C(=O)O. The number of Topliss-reactive ketones (excluding diaryl/α,β-unsaturated/α-hetero) is 1. The molecule has 0 spiro atoms. The van der Waals surface area contributed by atoms with Crippen molar-refractivity contribution in [2.45, 2.75) is 20.3 Å². The Hall–Kier alpha value is -1.35. The predicted molar refractivity (Wildman–Crippen MR) is 61.8 cm³/mol. The molecule has 0 aliphatic carbocycles. The molecular weight excluding hydrogens is 228 g/mol. The van der Waals surface area contributed by atoms with Gasteiger partial charge in [-0.1, -0.05) is 23.7 Å². The molecule has 0 aromatic heterocycles. The summed E-state index contributed by atoms with van der Waals surface area (Å²) in [4.78, 5) is 22.7. The summed E-state index contributed by atoms with van der Waals surface area (Å²) in [5.74, 6) is -1.20. The minimum atomic E-state index is -1.06. The van der Waals surface area contributed by atoms with Gasteiger partial charge in [0.2, 0.25) is 0 Å². The number of benzene rings is 1. The van der Waals surface area contributed by atoms with Crippen LogP contribution in [0.3, 0.4) is 0 Å². The highest BCUT2D eigenvalue weighted by atomic mass is 35.5. The van der Waals surface area contributed by atoms with Gasteiger partial charge in [-0.05, 0) is 26.0 Å². The van der Waals surface area contributed by atoms with Crippen LogP contribution in [0.15, 0.2) is 24.3 Å². The van der Waals surface area contributed by atoms with E-state index in [0.717, 1.165) is 0 Å². The number of carboxylic acid groups (broad SMARTS) is 1. The summed E-state index contributed by atoms with van der Waals surface area (Å²) in [6.45, 7) is 3.05. The van der Waals surface area contributed by atoms with Crippen LogP contribution in [0.5, 0.6) is 0 Å². The van der Waals surface area contributed by atoms with E-state index in [1.54, 1.807) is 24.3 Å². The second-order valence-electron chi connectivity index (χ2n) is 4.30. The zero-order valence-corrected chi connectivity index (χ0v) is 9.91. The summed E-state index contributed by atoms with van der Waals surface area (Å²) < 4.78 is 0. The maximum Gasteiger partial charge on any atom is 0.309 e. The molecule has 1 N–H and O–H groups in total. The molecule has 0 atom stereocenters. The monoisotopic (exact) mass is 240 g/mol. The van der Waals surface area contributed by atoms with E-state index in [1.807, 2.05) is 0 Å². The molecule has 1 aromatic carbocycles. The van der Waals surface area contributed by atoms with Gasteiger partial charge >= 0.3 is 5.97 Å². The Bertz CT molecular complexity index is 424. The van der Waals surface area contributed by atoms with Crippen LogP contribution in [0, 0.1) is 5.41 Å². The number of carbonyl (C=O) groups is 2. The van der Waals surface area contributed by atoms with Gasteiger partial charge in [-0.15, -0.1) is 0 Å². The average molecular weight is 241 g/mol. The van der Waals surface area contributed by atoms with E-state index >= 15 is 0 Å². The van der Waals surface area contributed by atoms with Crippen LogP contribution in [0.1, 0.15) is 30.6 Å². The quantitative estimate of drug-likeness (QED) is 0.823. The number of carboxylic acids is 1. The van der Waals surface area contributed by atoms with Gasteiger partial charge < -0.3 is 5.11 Å². The van der Waals surface area contributed by atoms with E-state index in [0.29, 0.717) is 10.6 Å². The first-order valence-corrected chi connectivity index (χ1v) is 5.23. The van der Waals surface area contributed by atoms with Crippen LogP contribution in [0.25, 0.3) is 0 Å². The van der Waals surface area contributed by atoms with E-state index in [-0.39, 0.29) is 12.2 Å². The summed E-state index contributed by atoms with van der Waals surface area (Å²) in [6, 6.07) is 6.51. The Labute approximate surface area is 99.0 Å². The van der Waals surface area contributed by atoms with Crippen molar-refractivity contribution in [3.8, 4) is 0 Å². The smallest absolute Gasteiger partial charge is 0.309 e. The molecule has 3 nitrogen and oxygen atoms in total. The van der Waals surface area contributed by atoms with Crippen molar-refractivity contribution in [3.63, 3.8) is 0 Å².